The van der Waals surface area contributed by atoms with Crippen molar-refractivity contribution < 1.29 is 13.2 Å². The van der Waals surface area contributed by atoms with Crippen LogP contribution in [0.5, 0.6) is 5.75 Å². The van der Waals surface area contributed by atoms with Crippen molar-refractivity contribution in [1.29, 1.82) is 0 Å². The number of thiophene rings is 1. The van der Waals surface area contributed by atoms with Crippen LogP contribution in [0.2, 0.25) is 5.02 Å². The second kappa shape index (κ2) is 6.20. The van der Waals surface area contributed by atoms with Crippen LogP contribution in [0.15, 0.2) is 39.9 Å². The van der Waals surface area contributed by atoms with Gasteiger partial charge in [0.25, 0.3) is 0 Å². The van der Waals surface area contributed by atoms with Gasteiger partial charge in [-0.05, 0) is 53.4 Å². The predicted molar refractivity (Wildman–Crippen MR) is 88.1 cm³/mol. The maximum atomic E-state index is 12.9. The molecule has 0 atom stereocenters. The minimum Gasteiger partial charge on any atom is -0.495 e. The summed E-state index contributed by atoms with van der Waals surface area (Å²) in [5.74, 6) is 0.469. The Kier molecular flexibility index (Phi) is 4.45. The minimum atomic E-state index is -3.56. The van der Waals surface area contributed by atoms with E-state index in [9.17, 15) is 8.42 Å². The molecule has 1 saturated carbocycles. The van der Waals surface area contributed by atoms with Gasteiger partial charge in [0.15, 0.2) is 0 Å². The van der Waals surface area contributed by atoms with Crippen molar-refractivity contribution in [3.05, 3.63) is 45.6 Å². The van der Waals surface area contributed by atoms with Gasteiger partial charge in [0.05, 0.1) is 17.0 Å². The molecule has 0 amide bonds. The fourth-order valence-electron chi connectivity index (χ4n) is 2.28. The number of sulfonamides is 1. The van der Waals surface area contributed by atoms with Crippen molar-refractivity contribution in [2.75, 3.05) is 7.11 Å². The molecule has 1 aliphatic carbocycles. The molecule has 7 heteroatoms. The zero-order valence-electron chi connectivity index (χ0n) is 12.0. The zero-order valence-corrected chi connectivity index (χ0v) is 14.4. The van der Waals surface area contributed by atoms with Crippen molar-refractivity contribution in [3.8, 4) is 5.75 Å². The quantitative estimate of drug-likeness (QED) is 0.790. The Hall–Kier alpha value is -1.08. The Morgan fingerprint density at radius 3 is 2.68 bits per heavy atom. The minimum absolute atomic E-state index is 0.0887. The van der Waals surface area contributed by atoms with Crippen LogP contribution < -0.4 is 4.74 Å². The summed E-state index contributed by atoms with van der Waals surface area (Å²) in [6.45, 7) is 0.403. The highest BCUT2D eigenvalue weighted by atomic mass is 35.5. The number of hydrogen-bond acceptors (Lipinski definition) is 4. The molecule has 0 unspecified atom stereocenters. The Bertz CT molecular complexity index is 755. The van der Waals surface area contributed by atoms with Crippen LogP contribution in [0, 0.1) is 0 Å². The number of methoxy groups -OCH3 is 1. The molecule has 1 fully saturated rings. The molecule has 1 aromatic carbocycles. The van der Waals surface area contributed by atoms with E-state index in [0.29, 0.717) is 17.3 Å². The number of nitrogens with zero attached hydrogens (tertiary/aromatic N) is 1. The summed E-state index contributed by atoms with van der Waals surface area (Å²) in [6.07, 6.45) is 1.82. The van der Waals surface area contributed by atoms with Crippen LogP contribution >= 0.6 is 22.9 Å². The normalized spacial score (nSPS) is 15.2. The zero-order chi connectivity index (χ0) is 15.7. The van der Waals surface area contributed by atoms with Crippen LogP contribution in [0.1, 0.15) is 18.4 Å². The van der Waals surface area contributed by atoms with Gasteiger partial charge < -0.3 is 4.74 Å². The van der Waals surface area contributed by atoms with Gasteiger partial charge in [-0.1, -0.05) is 11.6 Å². The van der Waals surface area contributed by atoms with Gasteiger partial charge in [-0.2, -0.15) is 15.6 Å². The summed E-state index contributed by atoms with van der Waals surface area (Å²) < 4.78 is 32.5. The highest BCUT2D eigenvalue weighted by molar-refractivity contribution is 7.89. The van der Waals surface area contributed by atoms with Gasteiger partial charge in [0.2, 0.25) is 10.0 Å². The van der Waals surface area contributed by atoms with Crippen molar-refractivity contribution in [2.24, 2.45) is 0 Å². The molecule has 1 heterocycles. The van der Waals surface area contributed by atoms with Gasteiger partial charge in [-0.3, -0.25) is 0 Å². The van der Waals surface area contributed by atoms with Crippen LogP contribution in [-0.2, 0) is 16.6 Å². The number of halogens is 1. The Balaban J connectivity index is 1.93. The highest BCUT2D eigenvalue weighted by Gasteiger charge is 2.38. The highest BCUT2D eigenvalue weighted by Crippen LogP contribution is 2.35. The van der Waals surface area contributed by atoms with E-state index in [4.69, 9.17) is 16.3 Å². The van der Waals surface area contributed by atoms with Crippen molar-refractivity contribution in [1.82, 2.24) is 4.31 Å². The molecule has 0 aliphatic heterocycles. The average molecular weight is 358 g/mol. The van der Waals surface area contributed by atoms with Gasteiger partial charge in [0, 0.05) is 12.6 Å². The summed E-state index contributed by atoms with van der Waals surface area (Å²) in [4.78, 5) is 0.209. The Morgan fingerprint density at radius 2 is 2.14 bits per heavy atom. The number of ether oxygens (including phenoxy) is 1. The molecule has 4 nitrogen and oxygen atoms in total. The molecule has 0 saturated heterocycles. The molecule has 1 aromatic heterocycles. The third-order valence-electron chi connectivity index (χ3n) is 3.60. The lowest BCUT2D eigenvalue weighted by Gasteiger charge is -2.22. The predicted octanol–water partition coefficient (Wildman–Crippen LogP) is 3.76. The van der Waals surface area contributed by atoms with E-state index < -0.39 is 10.0 Å². The lowest BCUT2D eigenvalue weighted by molar-refractivity contribution is 0.398. The molecule has 22 heavy (non-hydrogen) atoms. The molecule has 0 bridgehead atoms. The fourth-order valence-corrected chi connectivity index (χ4v) is 4.96. The average Bonchev–Trinajstić information content (AvgIpc) is 3.20. The molecular weight excluding hydrogens is 342 g/mol. The summed E-state index contributed by atoms with van der Waals surface area (Å²) in [5.41, 5.74) is 1.01. The maximum Gasteiger partial charge on any atom is 0.243 e. The van der Waals surface area contributed by atoms with E-state index in [1.165, 1.54) is 13.2 Å². The molecule has 0 spiro atoms. The lowest BCUT2D eigenvalue weighted by Crippen LogP contribution is -2.32. The first-order chi connectivity index (χ1) is 10.5. The van der Waals surface area contributed by atoms with Crippen LogP contribution in [-0.4, -0.2) is 25.9 Å². The van der Waals surface area contributed by atoms with Gasteiger partial charge in [-0.15, -0.1) is 0 Å². The molecule has 3 rings (SSSR count). The molecule has 0 radical (unpaired) electrons. The smallest absolute Gasteiger partial charge is 0.243 e. The van der Waals surface area contributed by atoms with E-state index in [-0.39, 0.29) is 10.9 Å². The van der Waals surface area contributed by atoms with Gasteiger partial charge in [-0.25, -0.2) is 8.42 Å². The monoisotopic (exact) mass is 357 g/mol. The Labute approximate surface area is 139 Å². The third-order valence-corrected chi connectivity index (χ3v) is 6.52. The second-order valence-corrected chi connectivity index (χ2v) is 8.29. The van der Waals surface area contributed by atoms with E-state index in [2.05, 4.69) is 0 Å². The summed E-state index contributed by atoms with van der Waals surface area (Å²) in [6, 6.07) is 6.63. The first-order valence-electron chi connectivity index (χ1n) is 6.89. The van der Waals surface area contributed by atoms with Crippen LogP contribution in [0.3, 0.4) is 0 Å². The summed E-state index contributed by atoms with van der Waals surface area (Å²) >= 11 is 7.64. The standard InChI is InChI=1S/C15H16ClNO3S2/c1-20-15-5-4-13(8-14(15)16)22(18,19)17(12-2-3-12)9-11-6-7-21-10-11/h4-8,10,12H,2-3,9H2,1H3. The van der Waals surface area contributed by atoms with Gasteiger partial charge in [0.1, 0.15) is 5.75 Å². The molecule has 2 aromatic rings. The molecule has 1 aliphatic rings. The van der Waals surface area contributed by atoms with Gasteiger partial charge >= 0.3 is 0 Å². The largest absolute Gasteiger partial charge is 0.495 e. The van der Waals surface area contributed by atoms with E-state index in [1.54, 1.807) is 27.8 Å². The molecule has 0 N–H and O–H groups in total. The lowest BCUT2D eigenvalue weighted by atomic mass is 10.3. The first kappa shape index (κ1) is 15.8. The first-order valence-corrected chi connectivity index (χ1v) is 9.65. The number of benzene rings is 1. The SMILES string of the molecule is COc1ccc(S(=O)(=O)N(Cc2ccsc2)C2CC2)cc1Cl. The van der Waals surface area contributed by atoms with E-state index >= 15 is 0 Å². The summed E-state index contributed by atoms with van der Waals surface area (Å²) in [7, 11) is -2.06. The summed E-state index contributed by atoms with van der Waals surface area (Å²) in [5, 5.41) is 4.23. The van der Waals surface area contributed by atoms with Crippen molar-refractivity contribution >= 4 is 33.0 Å². The van der Waals surface area contributed by atoms with Crippen LogP contribution in [0.25, 0.3) is 0 Å². The number of rotatable bonds is 6. The topological polar surface area (TPSA) is 46.6 Å². The maximum absolute atomic E-state index is 12.9. The Morgan fingerprint density at radius 1 is 1.36 bits per heavy atom. The molecule has 118 valence electrons. The second-order valence-electron chi connectivity index (χ2n) is 5.21. The van der Waals surface area contributed by atoms with Crippen LogP contribution in [0.4, 0.5) is 0 Å². The third kappa shape index (κ3) is 3.15. The fraction of sp³-hybridized carbons (Fsp3) is 0.333. The van der Waals surface area contributed by atoms with Crippen molar-refractivity contribution in [2.45, 2.75) is 30.3 Å². The van der Waals surface area contributed by atoms with E-state index in [1.807, 2.05) is 16.8 Å². The van der Waals surface area contributed by atoms with E-state index in [0.717, 1.165) is 18.4 Å². The molecular formula is C15H16ClNO3S2. The number of hydrogen-bond donors (Lipinski definition) is 0. The van der Waals surface area contributed by atoms with Crippen molar-refractivity contribution in [3.63, 3.8) is 0 Å².